The van der Waals surface area contributed by atoms with E-state index in [1.165, 1.54) is 5.56 Å². The smallest absolute Gasteiger partial charge is 0.272 e. The molecule has 6 nitrogen and oxygen atoms in total. The summed E-state index contributed by atoms with van der Waals surface area (Å²) in [6, 6.07) is 17.7. The lowest BCUT2D eigenvalue weighted by atomic mass is 9.88. The van der Waals surface area contributed by atoms with Gasteiger partial charge in [-0.2, -0.15) is 0 Å². The van der Waals surface area contributed by atoms with Crippen molar-refractivity contribution in [2.45, 2.75) is 19.0 Å². The molecule has 5 rings (SSSR count). The minimum atomic E-state index is -0.0551. The zero-order chi connectivity index (χ0) is 20.3. The topological polar surface area (TPSA) is 63.9 Å². The minimum absolute atomic E-state index is 0.00529. The number of hydrogen-bond donors (Lipinski definition) is 0. The van der Waals surface area contributed by atoms with Crippen molar-refractivity contribution >= 4 is 5.91 Å². The number of benzene rings is 1. The van der Waals surface area contributed by atoms with Crippen molar-refractivity contribution in [3.05, 3.63) is 114 Å². The number of fused-ring (bicyclic) bond motifs is 1. The summed E-state index contributed by atoms with van der Waals surface area (Å²) >= 11 is 0. The summed E-state index contributed by atoms with van der Waals surface area (Å²) in [7, 11) is 0. The fourth-order valence-corrected chi connectivity index (χ4v) is 4.09. The van der Waals surface area contributed by atoms with Crippen LogP contribution in [0.15, 0.2) is 85.6 Å². The molecule has 6 heteroatoms. The Bertz CT molecular complexity index is 1160. The number of pyridine rings is 2. The zero-order valence-electron chi connectivity index (χ0n) is 16.4. The van der Waals surface area contributed by atoms with Crippen LogP contribution in [0.5, 0.6) is 0 Å². The van der Waals surface area contributed by atoms with Crippen LogP contribution in [0.4, 0.5) is 0 Å². The van der Waals surface area contributed by atoms with Gasteiger partial charge in [0.25, 0.3) is 5.91 Å². The first-order valence-electron chi connectivity index (χ1n) is 9.97. The highest BCUT2D eigenvalue weighted by Gasteiger charge is 2.32. The van der Waals surface area contributed by atoms with E-state index in [9.17, 15) is 4.79 Å². The first kappa shape index (κ1) is 18.2. The average molecular weight is 395 g/mol. The van der Waals surface area contributed by atoms with Crippen molar-refractivity contribution in [1.82, 2.24) is 24.4 Å². The summed E-state index contributed by atoms with van der Waals surface area (Å²) in [6.07, 6.45) is 9.12. The second-order valence-corrected chi connectivity index (χ2v) is 7.43. The monoisotopic (exact) mass is 395 g/mol. The highest BCUT2D eigenvalue weighted by molar-refractivity contribution is 5.92. The van der Waals surface area contributed by atoms with Gasteiger partial charge in [-0.25, -0.2) is 4.98 Å². The predicted octanol–water partition coefficient (Wildman–Crippen LogP) is 3.51. The Hall–Kier alpha value is -3.80. The quantitative estimate of drug-likeness (QED) is 0.530. The van der Waals surface area contributed by atoms with Gasteiger partial charge < -0.3 is 9.47 Å². The fourth-order valence-electron chi connectivity index (χ4n) is 4.09. The maximum atomic E-state index is 13.1. The van der Waals surface area contributed by atoms with Crippen LogP contribution in [0.25, 0.3) is 0 Å². The zero-order valence-corrected chi connectivity index (χ0v) is 16.4. The van der Waals surface area contributed by atoms with Gasteiger partial charge in [-0.3, -0.25) is 14.8 Å². The molecule has 1 aliphatic heterocycles. The number of amides is 1. The number of aromatic nitrogens is 4. The molecule has 0 bridgehead atoms. The number of carbonyl (C=O) groups is 1. The summed E-state index contributed by atoms with van der Waals surface area (Å²) in [5.74, 6) is 0.888. The number of imidazole rings is 1. The second kappa shape index (κ2) is 7.91. The van der Waals surface area contributed by atoms with Crippen LogP contribution in [0.2, 0.25) is 0 Å². The standard InChI is InChI=1S/C24H21N5O/c30-24(22-9-3-4-11-26-22)29-16-19-7-1-2-8-20(19)21(17-29)23-27-12-13-28(23)15-18-6-5-10-25-14-18/h1-14,21H,15-17H2/t21-/m1/s1. The molecular formula is C24H21N5O. The lowest BCUT2D eigenvalue weighted by Crippen LogP contribution is -2.39. The maximum absolute atomic E-state index is 13.1. The summed E-state index contributed by atoms with van der Waals surface area (Å²) in [4.78, 5) is 28.2. The van der Waals surface area contributed by atoms with E-state index in [0.717, 1.165) is 17.0 Å². The molecule has 3 aromatic heterocycles. The minimum Gasteiger partial charge on any atom is -0.332 e. The molecule has 0 aliphatic carbocycles. The molecule has 0 saturated carbocycles. The highest BCUT2D eigenvalue weighted by Crippen LogP contribution is 2.33. The van der Waals surface area contributed by atoms with Gasteiger partial charge in [0.1, 0.15) is 11.5 Å². The first-order valence-corrected chi connectivity index (χ1v) is 9.97. The highest BCUT2D eigenvalue weighted by atomic mass is 16.2. The lowest BCUT2D eigenvalue weighted by molar-refractivity contribution is 0.0717. The molecule has 1 atom stereocenters. The maximum Gasteiger partial charge on any atom is 0.272 e. The largest absolute Gasteiger partial charge is 0.332 e. The summed E-state index contributed by atoms with van der Waals surface area (Å²) in [6.45, 7) is 1.83. The lowest BCUT2D eigenvalue weighted by Gasteiger charge is -2.34. The average Bonchev–Trinajstić information content (AvgIpc) is 3.27. The molecule has 0 saturated heterocycles. The Morgan fingerprint density at radius 3 is 2.70 bits per heavy atom. The van der Waals surface area contributed by atoms with Crippen LogP contribution < -0.4 is 0 Å². The summed E-state index contributed by atoms with van der Waals surface area (Å²) < 4.78 is 2.15. The fraction of sp³-hybridized carbons (Fsp3) is 0.167. The second-order valence-electron chi connectivity index (χ2n) is 7.43. The van der Waals surface area contributed by atoms with Crippen molar-refractivity contribution in [1.29, 1.82) is 0 Å². The van der Waals surface area contributed by atoms with E-state index in [-0.39, 0.29) is 11.8 Å². The molecule has 1 aromatic carbocycles. The van der Waals surface area contributed by atoms with Crippen molar-refractivity contribution in [2.24, 2.45) is 0 Å². The molecule has 0 unspecified atom stereocenters. The van der Waals surface area contributed by atoms with Gasteiger partial charge in [-0.15, -0.1) is 0 Å². The van der Waals surface area contributed by atoms with Crippen LogP contribution >= 0.6 is 0 Å². The predicted molar refractivity (Wildman–Crippen MR) is 113 cm³/mol. The van der Waals surface area contributed by atoms with Gasteiger partial charge in [0.2, 0.25) is 0 Å². The van der Waals surface area contributed by atoms with E-state index < -0.39 is 0 Å². The van der Waals surface area contributed by atoms with Gasteiger partial charge in [0, 0.05) is 44.1 Å². The van der Waals surface area contributed by atoms with Crippen molar-refractivity contribution in [2.75, 3.05) is 6.54 Å². The van der Waals surface area contributed by atoms with E-state index in [2.05, 4.69) is 38.8 Å². The van der Waals surface area contributed by atoms with E-state index >= 15 is 0 Å². The molecule has 0 radical (unpaired) electrons. The molecule has 4 heterocycles. The molecule has 148 valence electrons. The van der Waals surface area contributed by atoms with Gasteiger partial charge in [0.15, 0.2) is 0 Å². The van der Waals surface area contributed by atoms with Crippen molar-refractivity contribution < 1.29 is 4.79 Å². The normalized spacial score (nSPS) is 15.6. The molecule has 1 amide bonds. The molecular weight excluding hydrogens is 374 g/mol. The Kier molecular flexibility index (Phi) is 4.81. The Balaban J connectivity index is 1.50. The Labute approximate surface area is 174 Å². The Morgan fingerprint density at radius 1 is 0.967 bits per heavy atom. The van der Waals surface area contributed by atoms with Crippen LogP contribution in [-0.4, -0.2) is 36.9 Å². The van der Waals surface area contributed by atoms with E-state index in [4.69, 9.17) is 4.98 Å². The van der Waals surface area contributed by atoms with Gasteiger partial charge >= 0.3 is 0 Å². The first-order chi connectivity index (χ1) is 14.8. The van der Waals surface area contributed by atoms with Gasteiger partial charge in [0.05, 0.1) is 12.5 Å². The molecule has 4 aromatic rings. The van der Waals surface area contributed by atoms with E-state index in [1.54, 1.807) is 18.5 Å². The SMILES string of the molecule is O=C(c1ccccn1)N1Cc2ccccc2[C@H](c2nccn2Cc2cccnc2)C1. The molecule has 0 spiro atoms. The summed E-state index contributed by atoms with van der Waals surface area (Å²) in [5, 5.41) is 0. The van der Waals surface area contributed by atoms with Gasteiger partial charge in [-0.1, -0.05) is 36.4 Å². The number of rotatable bonds is 4. The molecule has 0 fully saturated rings. The third-order valence-corrected chi connectivity index (χ3v) is 5.50. The summed E-state index contributed by atoms with van der Waals surface area (Å²) in [5.41, 5.74) is 3.95. The van der Waals surface area contributed by atoms with Crippen molar-refractivity contribution in [3.63, 3.8) is 0 Å². The Morgan fingerprint density at radius 2 is 1.87 bits per heavy atom. The molecule has 0 N–H and O–H groups in total. The molecule has 30 heavy (non-hydrogen) atoms. The van der Waals surface area contributed by atoms with Crippen LogP contribution in [0.1, 0.15) is 38.9 Å². The third-order valence-electron chi connectivity index (χ3n) is 5.50. The number of nitrogens with zero attached hydrogens (tertiary/aromatic N) is 5. The number of hydrogen-bond acceptors (Lipinski definition) is 4. The van der Waals surface area contributed by atoms with Crippen LogP contribution in [0.3, 0.4) is 0 Å². The molecule has 1 aliphatic rings. The van der Waals surface area contributed by atoms with Gasteiger partial charge in [-0.05, 0) is 34.9 Å². The van der Waals surface area contributed by atoms with E-state index in [0.29, 0.717) is 25.3 Å². The van der Waals surface area contributed by atoms with Crippen molar-refractivity contribution in [3.8, 4) is 0 Å². The van der Waals surface area contributed by atoms with Crippen LogP contribution in [-0.2, 0) is 13.1 Å². The number of carbonyl (C=O) groups excluding carboxylic acids is 1. The van der Waals surface area contributed by atoms with E-state index in [1.807, 2.05) is 47.8 Å². The van der Waals surface area contributed by atoms with Crippen LogP contribution in [0, 0.1) is 0 Å². The third kappa shape index (κ3) is 3.48.